The van der Waals surface area contributed by atoms with Crippen LogP contribution in [0.1, 0.15) is 35.8 Å². The monoisotopic (exact) mass is 322 g/mol. The highest BCUT2D eigenvalue weighted by molar-refractivity contribution is 5.27. The number of hydrogen-bond acceptors (Lipinski definition) is 5. The van der Waals surface area contributed by atoms with Crippen molar-refractivity contribution in [1.82, 2.24) is 14.9 Å². The van der Waals surface area contributed by atoms with Gasteiger partial charge in [-0.1, -0.05) is 12.1 Å². The van der Waals surface area contributed by atoms with E-state index in [0.717, 1.165) is 49.7 Å². The first kappa shape index (κ1) is 16.4. The first-order valence-corrected chi connectivity index (χ1v) is 8.35. The molecular weight excluding hydrogens is 300 g/mol. The summed E-state index contributed by atoms with van der Waals surface area (Å²) in [5, 5.41) is 8.53. The average molecular weight is 322 g/mol. The van der Waals surface area contributed by atoms with Gasteiger partial charge in [-0.05, 0) is 56.6 Å². The summed E-state index contributed by atoms with van der Waals surface area (Å²) < 4.78 is 5.28. The Morgan fingerprint density at radius 2 is 1.96 bits per heavy atom. The molecule has 0 bridgehead atoms. The van der Waals surface area contributed by atoms with Gasteiger partial charge in [-0.25, -0.2) is 9.97 Å². The Bertz CT molecular complexity index is 700. The van der Waals surface area contributed by atoms with Crippen molar-refractivity contribution in [2.75, 3.05) is 19.7 Å². The van der Waals surface area contributed by atoms with Gasteiger partial charge in [-0.3, -0.25) is 4.90 Å². The van der Waals surface area contributed by atoms with E-state index in [9.17, 15) is 0 Å². The summed E-state index contributed by atoms with van der Waals surface area (Å²) in [5.41, 5.74) is 2.31. The Morgan fingerprint density at radius 1 is 1.21 bits per heavy atom. The molecule has 0 saturated carbocycles. The molecule has 1 aromatic heterocycles. The van der Waals surface area contributed by atoms with E-state index in [1.165, 1.54) is 5.56 Å². The van der Waals surface area contributed by atoms with E-state index >= 15 is 0 Å². The van der Waals surface area contributed by atoms with Crippen molar-refractivity contribution in [2.24, 2.45) is 0 Å². The fourth-order valence-corrected chi connectivity index (χ4v) is 3.08. The van der Waals surface area contributed by atoms with Gasteiger partial charge < -0.3 is 4.74 Å². The second kappa shape index (κ2) is 7.89. The lowest BCUT2D eigenvalue weighted by Crippen LogP contribution is -2.33. The van der Waals surface area contributed by atoms with Crippen LogP contribution in [0, 0.1) is 18.3 Å². The number of hydrogen-bond donors (Lipinski definition) is 0. The van der Waals surface area contributed by atoms with Crippen LogP contribution in [0.3, 0.4) is 0 Å². The molecule has 0 N–H and O–H groups in total. The van der Waals surface area contributed by atoms with Gasteiger partial charge in [0.25, 0.3) is 0 Å². The molecule has 0 amide bonds. The summed E-state index contributed by atoms with van der Waals surface area (Å²) in [6, 6.07) is 11.9. The predicted octanol–water partition coefficient (Wildman–Crippen LogP) is 3.07. The maximum atomic E-state index is 8.53. The Labute approximate surface area is 142 Å². The lowest BCUT2D eigenvalue weighted by Gasteiger charge is -2.31. The quantitative estimate of drug-likeness (QED) is 0.846. The lowest BCUT2D eigenvalue weighted by atomic mass is 9.95. The zero-order valence-electron chi connectivity index (χ0n) is 14.0. The van der Waals surface area contributed by atoms with E-state index in [2.05, 4.69) is 27.0 Å². The van der Waals surface area contributed by atoms with E-state index < -0.39 is 0 Å². The third kappa shape index (κ3) is 4.30. The van der Waals surface area contributed by atoms with Crippen molar-refractivity contribution in [3.05, 3.63) is 53.6 Å². The zero-order valence-corrected chi connectivity index (χ0v) is 14.0. The van der Waals surface area contributed by atoms with E-state index in [-0.39, 0.29) is 6.61 Å². The molecule has 0 spiro atoms. The summed E-state index contributed by atoms with van der Waals surface area (Å²) in [5.74, 6) is 2.21. The SMILES string of the molecule is Cc1ccnc(C2CCN(Cc3ccc(OCC#N)cc3)CC2)n1. The second-order valence-corrected chi connectivity index (χ2v) is 6.20. The molecule has 1 aliphatic rings. The number of nitrogens with zero attached hydrogens (tertiary/aromatic N) is 4. The minimum atomic E-state index is 0.0912. The van der Waals surface area contributed by atoms with Crippen molar-refractivity contribution in [3.8, 4) is 11.8 Å². The van der Waals surface area contributed by atoms with Crippen LogP contribution in [0.2, 0.25) is 0 Å². The maximum absolute atomic E-state index is 8.53. The van der Waals surface area contributed by atoms with Gasteiger partial charge in [0.15, 0.2) is 6.61 Å². The smallest absolute Gasteiger partial charge is 0.174 e. The minimum absolute atomic E-state index is 0.0912. The van der Waals surface area contributed by atoms with Crippen LogP contribution in [0.4, 0.5) is 0 Å². The molecule has 0 atom stereocenters. The van der Waals surface area contributed by atoms with Gasteiger partial charge in [0, 0.05) is 24.4 Å². The minimum Gasteiger partial charge on any atom is -0.479 e. The molecule has 3 rings (SSSR count). The van der Waals surface area contributed by atoms with Crippen LogP contribution in [-0.2, 0) is 6.54 Å². The van der Waals surface area contributed by atoms with Crippen LogP contribution < -0.4 is 4.74 Å². The maximum Gasteiger partial charge on any atom is 0.174 e. The molecule has 5 nitrogen and oxygen atoms in total. The summed E-state index contributed by atoms with van der Waals surface area (Å²) in [4.78, 5) is 11.5. The molecule has 0 radical (unpaired) electrons. The number of benzene rings is 1. The Hall–Kier alpha value is -2.45. The molecule has 5 heteroatoms. The fraction of sp³-hybridized carbons (Fsp3) is 0.421. The van der Waals surface area contributed by atoms with Crippen LogP contribution in [0.15, 0.2) is 36.5 Å². The van der Waals surface area contributed by atoms with E-state index in [0.29, 0.717) is 5.92 Å². The number of aryl methyl sites for hydroxylation is 1. The third-order valence-electron chi connectivity index (χ3n) is 4.40. The second-order valence-electron chi connectivity index (χ2n) is 6.20. The molecule has 0 unspecified atom stereocenters. The van der Waals surface area contributed by atoms with Crippen molar-refractivity contribution >= 4 is 0 Å². The highest BCUT2D eigenvalue weighted by Gasteiger charge is 2.22. The Morgan fingerprint density at radius 3 is 2.62 bits per heavy atom. The average Bonchev–Trinajstić information content (AvgIpc) is 2.62. The number of piperidine rings is 1. The zero-order chi connectivity index (χ0) is 16.8. The molecule has 124 valence electrons. The molecule has 2 heterocycles. The Balaban J connectivity index is 1.51. The third-order valence-corrected chi connectivity index (χ3v) is 4.40. The number of aromatic nitrogens is 2. The fourth-order valence-electron chi connectivity index (χ4n) is 3.08. The van der Waals surface area contributed by atoms with Gasteiger partial charge in [0.1, 0.15) is 17.6 Å². The summed E-state index contributed by atoms with van der Waals surface area (Å²) in [6.45, 7) is 5.18. The summed E-state index contributed by atoms with van der Waals surface area (Å²) in [7, 11) is 0. The summed E-state index contributed by atoms with van der Waals surface area (Å²) >= 11 is 0. The summed E-state index contributed by atoms with van der Waals surface area (Å²) in [6.07, 6.45) is 4.07. The van der Waals surface area contributed by atoms with Crippen molar-refractivity contribution in [3.63, 3.8) is 0 Å². The molecule has 1 aliphatic heterocycles. The number of likely N-dealkylation sites (tertiary alicyclic amines) is 1. The first-order chi connectivity index (χ1) is 11.7. The van der Waals surface area contributed by atoms with E-state index in [1.54, 1.807) is 0 Å². The highest BCUT2D eigenvalue weighted by atomic mass is 16.5. The Kier molecular flexibility index (Phi) is 5.39. The van der Waals surface area contributed by atoms with Crippen molar-refractivity contribution in [2.45, 2.75) is 32.2 Å². The molecule has 24 heavy (non-hydrogen) atoms. The molecule has 1 fully saturated rings. The van der Waals surface area contributed by atoms with Gasteiger partial charge in [0.2, 0.25) is 0 Å². The van der Waals surface area contributed by atoms with Crippen LogP contribution >= 0.6 is 0 Å². The first-order valence-electron chi connectivity index (χ1n) is 8.35. The lowest BCUT2D eigenvalue weighted by molar-refractivity contribution is 0.201. The van der Waals surface area contributed by atoms with E-state index in [1.807, 2.05) is 37.4 Å². The van der Waals surface area contributed by atoms with Crippen LogP contribution in [0.5, 0.6) is 5.75 Å². The van der Waals surface area contributed by atoms with Gasteiger partial charge in [-0.15, -0.1) is 0 Å². The molecule has 1 aromatic carbocycles. The van der Waals surface area contributed by atoms with Crippen molar-refractivity contribution < 1.29 is 4.74 Å². The topological polar surface area (TPSA) is 62.0 Å². The largest absolute Gasteiger partial charge is 0.479 e. The predicted molar refractivity (Wildman–Crippen MR) is 91.6 cm³/mol. The molecular formula is C19H22N4O. The number of ether oxygens (including phenoxy) is 1. The molecule has 0 aliphatic carbocycles. The van der Waals surface area contributed by atoms with E-state index in [4.69, 9.17) is 10.00 Å². The molecule has 1 saturated heterocycles. The normalized spacial score (nSPS) is 15.8. The van der Waals surface area contributed by atoms with Gasteiger partial charge in [0.05, 0.1) is 0 Å². The van der Waals surface area contributed by atoms with Gasteiger partial charge >= 0.3 is 0 Å². The van der Waals surface area contributed by atoms with Gasteiger partial charge in [-0.2, -0.15) is 5.26 Å². The van der Waals surface area contributed by atoms with Crippen LogP contribution in [-0.4, -0.2) is 34.6 Å². The van der Waals surface area contributed by atoms with Crippen molar-refractivity contribution in [1.29, 1.82) is 5.26 Å². The highest BCUT2D eigenvalue weighted by Crippen LogP contribution is 2.26. The number of nitriles is 1. The van der Waals surface area contributed by atoms with Crippen LogP contribution in [0.25, 0.3) is 0 Å². The number of rotatable bonds is 5. The standard InChI is InChI=1S/C19H22N4O/c1-15-6-10-21-19(22-15)17-7-11-23(12-8-17)14-16-2-4-18(5-3-16)24-13-9-20/h2-6,10,17H,7-8,11-14H2,1H3. The molecule has 2 aromatic rings.